The molecule has 0 fully saturated rings. The largest absolute Gasteiger partial charge is 0.361 e. The lowest BCUT2D eigenvalue weighted by Crippen LogP contribution is -2.48. The molecule has 0 aliphatic heterocycles. The number of anilines is 1. The zero-order valence-electron chi connectivity index (χ0n) is 15.8. The van der Waals surface area contributed by atoms with E-state index in [-0.39, 0.29) is 0 Å². The molecule has 0 radical (unpaired) electrons. The Morgan fingerprint density at radius 1 is 0.857 bits per heavy atom. The van der Waals surface area contributed by atoms with Crippen molar-refractivity contribution in [1.29, 1.82) is 0 Å². The summed E-state index contributed by atoms with van der Waals surface area (Å²) in [6.07, 6.45) is 8.45. The Hall–Kier alpha value is -2.44. The third-order valence-electron chi connectivity index (χ3n) is 4.67. The van der Waals surface area contributed by atoms with E-state index in [1.165, 1.54) is 31.3 Å². The monoisotopic (exact) mass is 410 g/mol. The Morgan fingerprint density at radius 3 is 2.39 bits per heavy atom. The number of benzene rings is 2. The lowest BCUT2D eigenvalue weighted by Gasteiger charge is -2.17. The molecule has 4 N–H and O–H groups in total. The molecule has 0 heterocycles. The van der Waals surface area contributed by atoms with Crippen molar-refractivity contribution in [2.75, 3.05) is 11.9 Å². The molecular weight excluding hydrogens is 384 g/mol. The molecule has 28 heavy (non-hydrogen) atoms. The smallest absolute Gasteiger partial charge is 0.189 e. The minimum absolute atomic E-state index is 0.461. The summed E-state index contributed by atoms with van der Waals surface area (Å²) in [6, 6.07) is 18.3. The molecule has 1 aliphatic carbocycles. The summed E-state index contributed by atoms with van der Waals surface area (Å²) in [7, 11) is 0. The molecule has 0 spiro atoms. The molecule has 3 rings (SSSR count). The summed E-state index contributed by atoms with van der Waals surface area (Å²) in [5, 5.41) is 7.45. The van der Waals surface area contributed by atoms with Gasteiger partial charge < -0.3 is 10.6 Å². The van der Waals surface area contributed by atoms with Gasteiger partial charge in [-0.15, -0.1) is 0 Å². The van der Waals surface area contributed by atoms with Crippen molar-refractivity contribution in [1.82, 2.24) is 16.2 Å². The third-order valence-corrected chi connectivity index (χ3v) is 5.12. The number of nitrogens with one attached hydrogen (secondary N) is 4. The van der Waals surface area contributed by atoms with Crippen LogP contribution in [0.3, 0.4) is 0 Å². The van der Waals surface area contributed by atoms with Crippen LogP contribution in [0, 0.1) is 0 Å². The number of para-hydroxylation sites is 1. The van der Waals surface area contributed by atoms with Crippen LogP contribution in [0.2, 0.25) is 0 Å². The molecule has 4 nitrogen and oxygen atoms in total. The molecule has 0 aromatic heterocycles. The summed E-state index contributed by atoms with van der Waals surface area (Å²) in [5.74, 6) is 0. The molecule has 0 amide bonds. The molecule has 0 atom stereocenters. The maximum atomic E-state index is 5.40. The van der Waals surface area contributed by atoms with Crippen molar-refractivity contribution in [3.63, 3.8) is 0 Å². The summed E-state index contributed by atoms with van der Waals surface area (Å²) in [4.78, 5) is 0. The van der Waals surface area contributed by atoms with E-state index in [2.05, 4.69) is 45.8 Å². The van der Waals surface area contributed by atoms with Gasteiger partial charge in [0.2, 0.25) is 0 Å². The highest BCUT2D eigenvalue weighted by molar-refractivity contribution is 7.80. The minimum atomic E-state index is 0.461. The fourth-order valence-electron chi connectivity index (χ4n) is 3.24. The highest BCUT2D eigenvalue weighted by Crippen LogP contribution is 2.27. The normalized spacial score (nSPS) is 13.2. The SMILES string of the molecule is S=C(NCCC1=CCCCC1)NNC(=S)Nc1ccccc1-c1ccccc1. The molecule has 0 bridgehead atoms. The van der Waals surface area contributed by atoms with E-state index in [0.717, 1.165) is 29.8 Å². The lowest BCUT2D eigenvalue weighted by molar-refractivity contribution is 0.666. The maximum absolute atomic E-state index is 5.40. The molecule has 2 aromatic carbocycles. The van der Waals surface area contributed by atoms with Crippen LogP contribution in [0.1, 0.15) is 32.1 Å². The first-order valence-corrected chi connectivity index (χ1v) is 10.5. The van der Waals surface area contributed by atoms with E-state index >= 15 is 0 Å². The fourth-order valence-corrected chi connectivity index (χ4v) is 3.56. The van der Waals surface area contributed by atoms with Gasteiger partial charge in [-0.2, -0.15) is 0 Å². The van der Waals surface area contributed by atoms with Crippen LogP contribution in [-0.2, 0) is 0 Å². The second-order valence-electron chi connectivity index (χ2n) is 6.73. The highest BCUT2D eigenvalue weighted by Gasteiger charge is 2.07. The molecule has 146 valence electrons. The zero-order chi connectivity index (χ0) is 19.6. The summed E-state index contributed by atoms with van der Waals surface area (Å²) in [5.41, 5.74) is 10.6. The van der Waals surface area contributed by atoms with Crippen LogP contribution in [0.5, 0.6) is 0 Å². The first-order valence-electron chi connectivity index (χ1n) is 9.65. The van der Waals surface area contributed by atoms with Gasteiger partial charge in [-0.3, -0.25) is 10.9 Å². The first-order chi connectivity index (χ1) is 13.7. The van der Waals surface area contributed by atoms with Gasteiger partial charge >= 0.3 is 0 Å². The molecule has 0 unspecified atom stereocenters. The van der Waals surface area contributed by atoms with Crippen molar-refractivity contribution in [3.05, 3.63) is 66.2 Å². The Morgan fingerprint density at radius 2 is 1.61 bits per heavy atom. The number of rotatable bonds is 5. The van der Waals surface area contributed by atoms with Crippen molar-refractivity contribution < 1.29 is 0 Å². The van der Waals surface area contributed by atoms with Crippen molar-refractivity contribution in [2.24, 2.45) is 0 Å². The number of hydrogen-bond acceptors (Lipinski definition) is 2. The molecule has 1 aliphatic rings. The van der Waals surface area contributed by atoms with Crippen molar-refractivity contribution in [2.45, 2.75) is 32.1 Å². The van der Waals surface area contributed by atoms with Gasteiger partial charge in [0, 0.05) is 17.8 Å². The average molecular weight is 411 g/mol. The van der Waals surface area contributed by atoms with Gasteiger partial charge in [-0.25, -0.2) is 0 Å². The summed E-state index contributed by atoms with van der Waals surface area (Å²) in [6.45, 7) is 0.830. The van der Waals surface area contributed by atoms with Gasteiger partial charge in [0.05, 0.1) is 0 Å². The number of thiocarbonyl (C=S) groups is 2. The van der Waals surface area contributed by atoms with Crippen LogP contribution in [0.25, 0.3) is 11.1 Å². The lowest BCUT2D eigenvalue weighted by atomic mass is 9.97. The van der Waals surface area contributed by atoms with Crippen LogP contribution in [0.15, 0.2) is 66.2 Å². The topological polar surface area (TPSA) is 48.1 Å². The zero-order valence-corrected chi connectivity index (χ0v) is 17.5. The standard InChI is InChI=1S/C22H26N4S2/c27-21(23-16-15-17-9-3-1-4-10-17)25-26-22(28)24-20-14-8-7-13-19(20)18-11-5-2-6-12-18/h2,5-9,11-14H,1,3-4,10,15-16H2,(H2,23,25,27)(H2,24,26,28). The fraction of sp³-hybridized carbons (Fsp3) is 0.273. The second kappa shape index (κ2) is 10.8. The van der Waals surface area contributed by atoms with Crippen LogP contribution < -0.4 is 21.5 Å². The van der Waals surface area contributed by atoms with Gasteiger partial charge in [0.25, 0.3) is 0 Å². The number of hydrazine groups is 1. The Bertz CT molecular complexity index is 833. The van der Waals surface area contributed by atoms with Gasteiger partial charge in [0.15, 0.2) is 10.2 Å². The molecule has 6 heteroatoms. The van der Waals surface area contributed by atoms with E-state index in [1.807, 2.05) is 36.4 Å². The minimum Gasteiger partial charge on any atom is -0.361 e. The third kappa shape index (κ3) is 6.32. The van der Waals surface area contributed by atoms with Crippen LogP contribution in [0.4, 0.5) is 5.69 Å². The predicted molar refractivity (Wildman–Crippen MR) is 126 cm³/mol. The molecule has 0 saturated carbocycles. The van der Waals surface area contributed by atoms with Crippen molar-refractivity contribution >= 4 is 40.3 Å². The van der Waals surface area contributed by atoms with E-state index in [1.54, 1.807) is 0 Å². The van der Waals surface area contributed by atoms with E-state index in [4.69, 9.17) is 24.4 Å². The van der Waals surface area contributed by atoms with Crippen LogP contribution >= 0.6 is 24.4 Å². The number of allylic oxidation sites excluding steroid dienone is 1. The summed E-state index contributed by atoms with van der Waals surface area (Å²) < 4.78 is 0. The van der Waals surface area contributed by atoms with Gasteiger partial charge in [-0.1, -0.05) is 60.2 Å². The maximum Gasteiger partial charge on any atom is 0.189 e. The van der Waals surface area contributed by atoms with Crippen LogP contribution in [-0.4, -0.2) is 16.8 Å². The first kappa shape index (κ1) is 20.3. The predicted octanol–water partition coefficient (Wildman–Crippen LogP) is 4.91. The number of hydrogen-bond donors (Lipinski definition) is 4. The second-order valence-corrected chi connectivity index (χ2v) is 7.55. The quantitative estimate of drug-likeness (QED) is 0.319. The van der Waals surface area contributed by atoms with E-state index < -0.39 is 0 Å². The Kier molecular flexibility index (Phi) is 7.82. The van der Waals surface area contributed by atoms with Crippen molar-refractivity contribution in [3.8, 4) is 11.1 Å². The summed E-state index contributed by atoms with van der Waals surface area (Å²) >= 11 is 10.7. The van der Waals surface area contributed by atoms with Gasteiger partial charge in [-0.05, 0) is 68.2 Å². The average Bonchev–Trinajstić information content (AvgIpc) is 2.74. The van der Waals surface area contributed by atoms with Gasteiger partial charge in [0.1, 0.15) is 0 Å². The molecule has 0 saturated heterocycles. The molecular formula is C22H26N4S2. The van der Waals surface area contributed by atoms with E-state index in [9.17, 15) is 0 Å². The Labute approximate surface area is 177 Å². The highest BCUT2D eigenvalue weighted by atomic mass is 32.1. The molecule has 2 aromatic rings. The van der Waals surface area contributed by atoms with E-state index in [0.29, 0.717) is 10.2 Å². The Balaban J connectivity index is 1.44.